The second-order valence-corrected chi connectivity index (χ2v) is 21.2. The Balaban J connectivity index is 1.27. The van der Waals surface area contributed by atoms with Crippen LogP contribution in [0, 0.1) is 12.7 Å². The fourth-order valence-electron chi connectivity index (χ4n) is 11.4. The summed E-state index contributed by atoms with van der Waals surface area (Å²) in [5.74, 6) is 2.02. The van der Waals surface area contributed by atoms with Crippen molar-refractivity contribution in [3.8, 4) is 16.9 Å². The van der Waals surface area contributed by atoms with Gasteiger partial charge in [0.1, 0.15) is 29.0 Å². The number of amides is 1. The van der Waals surface area contributed by atoms with Crippen LogP contribution >= 0.6 is 11.8 Å². The molecule has 0 radical (unpaired) electrons. The Hall–Kier alpha value is -6.72. The van der Waals surface area contributed by atoms with Crippen LogP contribution in [0.3, 0.4) is 0 Å². The predicted molar refractivity (Wildman–Crippen MR) is 274 cm³/mol. The predicted octanol–water partition coefficient (Wildman–Crippen LogP) is 13.3. The van der Waals surface area contributed by atoms with Crippen LogP contribution in [0.2, 0.25) is 0 Å². The Labute approximate surface area is 407 Å². The summed E-state index contributed by atoms with van der Waals surface area (Å²) in [6, 6.07) is 43.0. The van der Waals surface area contributed by atoms with Gasteiger partial charge >= 0.3 is 6.09 Å². The van der Waals surface area contributed by atoms with Crippen LogP contribution in [0.4, 0.5) is 15.0 Å². The monoisotopic (exact) mass is 936 g/mol. The van der Waals surface area contributed by atoms with E-state index in [-0.39, 0.29) is 29.9 Å². The number of aromatic nitrogens is 4. The molecule has 8 aromatic rings. The van der Waals surface area contributed by atoms with Crippen LogP contribution in [-0.2, 0) is 11.0 Å². The number of anilines is 1. The summed E-state index contributed by atoms with van der Waals surface area (Å²) in [7, 11) is 0. The molecule has 1 saturated carbocycles. The minimum atomic E-state index is -0.931. The first-order valence-corrected chi connectivity index (χ1v) is 25.3. The lowest BCUT2D eigenvalue weighted by Gasteiger charge is -2.36. The van der Waals surface area contributed by atoms with E-state index in [1.54, 1.807) is 22.7 Å². The van der Waals surface area contributed by atoms with Gasteiger partial charge in [-0.1, -0.05) is 161 Å². The number of nitrogens with zero attached hydrogens (tertiary/aromatic N) is 6. The number of carbonyl (C=O) groups is 1. The summed E-state index contributed by atoms with van der Waals surface area (Å²) in [6.45, 7) is 13.7. The zero-order valence-corrected chi connectivity index (χ0v) is 40.8. The zero-order valence-electron chi connectivity index (χ0n) is 40.0. The lowest BCUT2D eigenvalue weighted by molar-refractivity contribution is 0.137. The van der Waals surface area contributed by atoms with Crippen LogP contribution in [0.1, 0.15) is 105 Å². The fourth-order valence-corrected chi connectivity index (χ4v) is 12.0. The molecule has 11 rings (SSSR count). The van der Waals surface area contributed by atoms with Crippen molar-refractivity contribution >= 4 is 45.5 Å². The highest BCUT2D eigenvalue weighted by atomic mass is 32.2. The van der Waals surface area contributed by atoms with Gasteiger partial charge in [0.15, 0.2) is 5.16 Å². The van der Waals surface area contributed by atoms with Gasteiger partial charge in [-0.05, 0) is 94.7 Å². The van der Waals surface area contributed by atoms with E-state index in [4.69, 9.17) is 19.8 Å². The Kier molecular flexibility index (Phi) is 11.3. The highest BCUT2D eigenvalue weighted by Crippen LogP contribution is 2.59. The second kappa shape index (κ2) is 17.4. The molecule has 3 atom stereocenters. The van der Waals surface area contributed by atoms with E-state index in [0.29, 0.717) is 35.1 Å². The molecule has 350 valence electrons. The number of likely N-dealkylation sites (tertiary alicyclic amines) is 1. The third-order valence-electron chi connectivity index (χ3n) is 14.6. The summed E-state index contributed by atoms with van der Waals surface area (Å²) < 4.78 is 26.9. The molecule has 2 aromatic heterocycles. The third kappa shape index (κ3) is 7.51. The van der Waals surface area contributed by atoms with Gasteiger partial charge in [-0.3, -0.25) is 4.68 Å². The zero-order chi connectivity index (χ0) is 47.8. The average Bonchev–Trinajstić information content (AvgIpc) is 3.76. The Morgan fingerprint density at radius 2 is 1.43 bits per heavy atom. The van der Waals surface area contributed by atoms with Crippen LogP contribution in [0.25, 0.3) is 32.9 Å². The highest BCUT2D eigenvalue weighted by molar-refractivity contribution is 7.99. The number of hydrogen-bond donors (Lipinski definition) is 1. The van der Waals surface area contributed by atoms with Gasteiger partial charge in [0.05, 0.1) is 28.5 Å². The molecule has 11 heteroatoms. The lowest BCUT2D eigenvalue weighted by Crippen LogP contribution is -2.48. The van der Waals surface area contributed by atoms with Crippen molar-refractivity contribution in [3.05, 3.63) is 178 Å². The third-order valence-corrected chi connectivity index (χ3v) is 15.3. The number of carboxylic acid groups (broad SMARTS) is 1. The molecular weight excluding hydrogens is 880 g/mol. The number of thioether (sulfide) groups is 1. The minimum absolute atomic E-state index is 0.0553. The lowest BCUT2D eigenvalue weighted by atomic mass is 9.75. The summed E-state index contributed by atoms with van der Waals surface area (Å²) in [4.78, 5) is 27.2. The number of rotatable bonds is 12. The van der Waals surface area contributed by atoms with E-state index in [1.165, 1.54) is 0 Å². The van der Waals surface area contributed by atoms with Crippen LogP contribution in [0.15, 0.2) is 139 Å². The van der Waals surface area contributed by atoms with E-state index in [0.717, 1.165) is 91.6 Å². The molecular formula is C58H57FN6O3S. The Bertz CT molecular complexity index is 3130. The van der Waals surface area contributed by atoms with E-state index in [9.17, 15) is 9.90 Å². The summed E-state index contributed by atoms with van der Waals surface area (Å²) in [6.07, 6.45) is 3.50. The fraction of sp³-hybridized carbons (Fsp3) is 0.310. The molecule has 2 saturated heterocycles. The topological polar surface area (TPSA) is 96.6 Å². The first-order valence-electron chi connectivity index (χ1n) is 24.3. The number of hydrogen-bond acceptors (Lipinski definition) is 7. The first-order chi connectivity index (χ1) is 33.4. The molecule has 69 heavy (non-hydrogen) atoms. The highest BCUT2D eigenvalue weighted by Gasteiger charge is 2.48. The van der Waals surface area contributed by atoms with Crippen molar-refractivity contribution in [1.82, 2.24) is 24.6 Å². The smallest absolute Gasteiger partial charge is 0.407 e. The van der Waals surface area contributed by atoms with Gasteiger partial charge in [-0.25, -0.2) is 19.2 Å². The maximum atomic E-state index is 17.3. The van der Waals surface area contributed by atoms with Crippen LogP contribution in [0.5, 0.6) is 5.75 Å². The molecule has 3 fully saturated rings. The summed E-state index contributed by atoms with van der Waals surface area (Å²) in [5, 5.41) is 17.9. The molecule has 1 aliphatic carbocycles. The quantitative estimate of drug-likeness (QED) is 0.0735. The van der Waals surface area contributed by atoms with Crippen molar-refractivity contribution in [2.45, 2.75) is 101 Å². The molecule has 0 spiro atoms. The molecule has 3 aliphatic rings. The molecule has 0 unspecified atom stereocenters. The Morgan fingerprint density at radius 1 is 0.841 bits per heavy atom. The SMILES string of the molecule is CCSc1nc(N2C[C@@H]3C[C@H]2CN3C(=O)O)c2c(O[C@@H](C)c3ccccc3)c(C3CC3)c(-c3c(C)c(F)cc4nn(C(c5ccccc5)(c5ccccc5)c5ccccc5)cc34)c(C(C)(C)C)c2n1. The normalized spacial score (nSPS) is 17.6. The van der Waals surface area contributed by atoms with Crippen molar-refractivity contribution in [2.75, 3.05) is 23.7 Å². The van der Waals surface area contributed by atoms with Gasteiger partial charge in [0, 0.05) is 36.3 Å². The molecule has 1 N–H and O–H groups in total. The second-order valence-electron chi connectivity index (χ2n) is 20.0. The summed E-state index contributed by atoms with van der Waals surface area (Å²) >= 11 is 1.59. The van der Waals surface area contributed by atoms with Gasteiger partial charge < -0.3 is 19.6 Å². The molecule has 4 heterocycles. The molecule has 2 bridgehead atoms. The van der Waals surface area contributed by atoms with Crippen molar-refractivity contribution in [1.29, 1.82) is 0 Å². The molecule has 2 aliphatic heterocycles. The van der Waals surface area contributed by atoms with Crippen molar-refractivity contribution in [3.63, 3.8) is 0 Å². The van der Waals surface area contributed by atoms with Crippen molar-refractivity contribution < 1.29 is 19.0 Å². The average molecular weight is 937 g/mol. The van der Waals surface area contributed by atoms with E-state index < -0.39 is 17.0 Å². The number of ether oxygens (including phenoxy) is 1. The first kappa shape index (κ1) is 44.8. The standard InChI is InChI=1S/C58H57FN6O3S/c1-7-69-55-60-52-50(54(61-55)63-32-43-30-42(63)33-64(43)56(66)67)53(68-36(3)37-20-12-8-13-21-37)48(38-28-29-38)49(51(52)57(4,5)6)47-35(2)45(59)31-46-44(47)34-65(62-46)58(39-22-14-9-15-23-39,40-24-16-10-17-25-40)41-26-18-11-19-27-41/h8-27,31,34,36,38,42-43H,7,28-30,32-33H2,1-6H3,(H,66,67)/t36-,42-,43-/m0/s1. The van der Waals surface area contributed by atoms with Crippen molar-refractivity contribution in [2.24, 2.45) is 0 Å². The largest absolute Gasteiger partial charge is 0.485 e. The maximum Gasteiger partial charge on any atom is 0.407 e. The molecule has 1 amide bonds. The number of halogens is 1. The van der Waals surface area contributed by atoms with Gasteiger partial charge in [-0.15, -0.1) is 0 Å². The van der Waals surface area contributed by atoms with Crippen LogP contribution < -0.4 is 9.64 Å². The maximum absolute atomic E-state index is 17.3. The van der Waals surface area contributed by atoms with E-state index in [1.807, 2.05) is 43.3 Å². The van der Waals surface area contributed by atoms with Gasteiger partial charge in [0.2, 0.25) is 0 Å². The Morgan fingerprint density at radius 3 is 1.96 bits per heavy atom. The molecule has 9 nitrogen and oxygen atoms in total. The van der Waals surface area contributed by atoms with Gasteiger partial charge in [0.25, 0.3) is 0 Å². The van der Waals surface area contributed by atoms with Gasteiger partial charge in [-0.2, -0.15) is 5.10 Å². The minimum Gasteiger partial charge on any atom is -0.485 e. The molecule has 6 aromatic carbocycles. The number of fused-ring (bicyclic) bond motifs is 4. The van der Waals surface area contributed by atoms with Crippen LogP contribution in [-0.4, -0.2) is 66.8 Å². The number of benzene rings is 6. The van der Waals surface area contributed by atoms with E-state index in [2.05, 4.69) is 135 Å². The summed E-state index contributed by atoms with van der Waals surface area (Å²) in [5.41, 5.74) is 8.24. The van der Waals surface area contributed by atoms with E-state index >= 15 is 4.39 Å². The number of piperazine rings is 1.